The van der Waals surface area contributed by atoms with E-state index in [1.54, 1.807) is 25.1 Å². The van der Waals surface area contributed by atoms with E-state index in [1.807, 2.05) is 24.6 Å². The van der Waals surface area contributed by atoms with E-state index in [0.29, 0.717) is 34.4 Å². The highest BCUT2D eigenvalue weighted by atomic mass is 19.1. The molecule has 3 aromatic heterocycles. The molecule has 1 amide bonds. The summed E-state index contributed by atoms with van der Waals surface area (Å²) in [5.74, 6) is -0.581. The normalized spacial score (nSPS) is 12.3. The summed E-state index contributed by atoms with van der Waals surface area (Å²) in [5, 5.41) is 12.1. The van der Waals surface area contributed by atoms with Crippen molar-refractivity contribution in [3.8, 4) is 11.3 Å². The van der Waals surface area contributed by atoms with Crippen LogP contribution < -0.4 is 5.32 Å². The van der Waals surface area contributed by atoms with Crippen molar-refractivity contribution in [3.05, 3.63) is 64.9 Å². The fraction of sp³-hybridized carbons (Fsp3) is 0.304. The highest BCUT2D eigenvalue weighted by Crippen LogP contribution is 2.30. The van der Waals surface area contributed by atoms with Gasteiger partial charge in [0.15, 0.2) is 0 Å². The first kappa shape index (κ1) is 20.7. The van der Waals surface area contributed by atoms with Gasteiger partial charge >= 0.3 is 0 Å². The largest absolute Gasteiger partial charge is 0.352 e. The number of hydrogen-bond donors (Lipinski definition) is 1. The molecule has 0 saturated carbocycles. The van der Waals surface area contributed by atoms with Gasteiger partial charge in [0.25, 0.3) is 11.6 Å². The van der Waals surface area contributed by atoms with Crippen LogP contribution in [0.5, 0.6) is 0 Å². The number of nitrogens with zero attached hydrogens (tertiary/aromatic N) is 4. The Morgan fingerprint density at radius 3 is 2.58 bits per heavy atom. The molecule has 0 radical (unpaired) electrons. The number of amides is 1. The molecule has 0 saturated heterocycles. The average molecular weight is 421 g/mol. The molecule has 0 aliphatic carbocycles. The van der Waals surface area contributed by atoms with Crippen LogP contribution >= 0.6 is 0 Å². The maximum Gasteiger partial charge on any atom is 0.259 e. The first-order chi connectivity index (χ1) is 14.8. The molecular formula is C23H24FN5O2. The number of hydrogen-bond acceptors (Lipinski definition) is 5. The number of nitrogens with one attached hydrogen (secondary N) is 1. The van der Waals surface area contributed by atoms with Gasteiger partial charge in [0, 0.05) is 23.5 Å². The summed E-state index contributed by atoms with van der Waals surface area (Å²) in [5.41, 5.74) is 4.54. The summed E-state index contributed by atoms with van der Waals surface area (Å²) in [4.78, 5) is 17.4. The maximum atomic E-state index is 13.3. The van der Waals surface area contributed by atoms with Gasteiger partial charge in [-0.1, -0.05) is 5.16 Å². The molecule has 7 nitrogen and oxygen atoms in total. The Balaban J connectivity index is 1.56. The molecule has 3 heterocycles. The van der Waals surface area contributed by atoms with Gasteiger partial charge in [-0.2, -0.15) is 5.10 Å². The van der Waals surface area contributed by atoms with Crippen LogP contribution in [0.4, 0.5) is 4.39 Å². The lowest BCUT2D eigenvalue weighted by molar-refractivity contribution is 0.0953. The number of aryl methyl sites for hydroxylation is 3. The van der Waals surface area contributed by atoms with E-state index < -0.39 is 0 Å². The van der Waals surface area contributed by atoms with E-state index in [4.69, 9.17) is 4.52 Å². The van der Waals surface area contributed by atoms with Crippen molar-refractivity contribution in [1.29, 1.82) is 0 Å². The van der Waals surface area contributed by atoms with Crippen LogP contribution in [0.3, 0.4) is 0 Å². The molecule has 1 aromatic carbocycles. The minimum absolute atomic E-state index is 0.151. The quantitative estimate of drug-likeness (QED) is 0.494. The Morgan fingerprint density at radius 1 is 1.16 bits per heavy atom. The summed E-state index contributed by atoms with van der Waals surface area (Å²) in [6, 6.07) is 9.79. The van der Waals surface area contributed by atoms with Crippen LogP contribution in [0.15, 0.2) is 40.9 Å². The molecule has 4 aromatic rings. The van der Waals surface area contributed by atoms with Gasteiger partial charge < -0.3 is 9.84 Å². The van der Waals surface area contributed by atoms with Crippen molar-refractivity contribution >= 4 is 17.0 Å². The van der Waals surface area contributed by atoms with Gasteiger partial charge in [-0.3, -0.25) is 9.48 Å². The van der Waals surface area contributed by atoms with E-state index in [1.165, 1.54) is 12.1 Å². The van der Waals surface area contributed by atoms with Crippen molar-refractivity contribution < 1.29 is 13.7 Å². The lowest BCUT2D eigenvalue weighted by Gasteiger charge is -2.15. The zero-order valence-corrected chi connectivity index (χ0v) is 17.9. The predicted molar refractivity (Wildman–Crippen MR) is 115 cm³/mol. The molecule has 160 valence electrons. The van der Waals surface area contributed by atoms with E-state index in [2.05, 4.69) is 27.5 Å². The van der Waals surface area contributed by atoms with Crippen LogP contribution in [-0.2, 0) is 0 Å². The standard InChI is InChI=1S/C23H24FN5O2/c1-13-12-19(22(30)25-10-9-15(3)29-16(4)11-14(2)27-29)20-21(28-31-23(20)26-13)17-5-7-18(24)8-6-17/h5-8,11-12,15H,9-10H2,1-4H3,(H,25,30)/t15-/m1/s1. The van der Waals surface area contributed by atoms with Gasteiger partial charge in [0.1, 0.15) is 11.5 Å². The zero-order valence-electron chi connectivity index (χ0n) is 17.9. The summed E-state index contributed by atoms with van der Waals surface area (Å²) < 4.78 is 20.7. The second-order valence-corrected chi connectivity index (χ2v) is 7.79. The number of rotatable bonds is 6. The number of aromatic nitrogens is 4. The Labute approximate surface area is 179 Å². The lowest BCUT2D eigenvalue weighted by atomic mass is 10.0. The fourth-order valence-electron chi connectivity index (χ4n) is 3.76. The third-order valence-electron chi connectivity index (χ3n) is 5.25. The van der Waals surface area contributed by atoms with Gasteiger partial charge in [-0.15, -0.1) is 0 Å². The van der Waals surface area contributed by atoms with Gasteiger partial charge in [0.2, 0.25) is 0 Å². The number of carbonyl (C=O) groups is 1. The van der Waals surface area contributed by atoms with Crippen molar-refractivity contribution in [3.63, 3.8) is 0 Å². The molecule has 0 aliphatic rings. The summed E-state index contributed by atoms with van der Waals surface area (Å²) in [6.07, 6.45) is 0.732. The highest BCUT2D eigenvalue weighted by Gasteiger charge is 2.21. The first-order valence-corrected chi connectivity index (χ1v) is 10.2. The molecule has 0 spiro atoms. The number of fused-ring (bicyclic) bond motifs is 1. The highest BCUT2D eigenvalue weighted by molar-refractivity contribution is 6.09. The summed E-state index contributed by atoms with van der Waals surface area (Å²) >= 11 is 0. The summed E-state index contributed by atoms with van der Waals surface area (Å²) in [6.45, 7) is 8.34. The van der Waals surface area contributed by atoms with Crippen molar-refractivity contribution in [1.82, 2.24) is 25.2 Å². The smallest absolute Gasteiger partial charge is 0.259 e. The molecule has 1 N–H and O–H groups in total. The molecule has 0 unspecified atom stereocenters. The molecule has 31 heavy (non-hydrogen) atoms. The molecular weight excluding hydrogens is 397 g/mol. The lowest BCUT2D eigenvalue weighted by Crippen LogP contribution is -2.27. The van der Waals surface area contributed by atoms with Crippen molar-refractivity contribution in [2.75, 3.05) is 6.54 Å². The van der Waals surface area contributed by atoms with Gasteiger partial charge in [-0.05, 0) is 70.5 Å². The third-order valence-corrected chi connectivity index (χ3v) is 5.25. The predicted octanol–water partition coefficient (Wildman–Crippen LogP) is 4.53. The van der Waals surface area contributed by atoms with Crippen LogP contribution in [0.1, 0.15) is 46.8 Å². The van der Waals surface area contributed by atoms with Gasteiger partial charge in [0.05, 0.1) is 22.7 Å². The Bertz CT molecular complexity index is 1240. The molecule has 0 bridgehead atoms. The maximum absolute atomic E-state index is 13.3. The Kier molecular flexibility index (Phi) is 5.54. The Morgan fingerprint density at radius 2 is 1.90 bits per heavy atom. The van der Waals surface area contributed by atoms with E-state index in [9.17, 15) is 9.18 Å². The first-order valence-electron chi connectivity index (χ1n) is 10.2. The van der Waals surface area contributed by atoms with Crippen LogP contribution in [0.25, 0.3) is 22.4 Å². The summed E-state index contributed by atoms with van der Waals surface area (Å²) in [7, 11) is 0. The molecule has 8 heteroatoms. The van der Waals surface area contributed by atoms with Gasteiger partial charge in [-0.25, -0.2) is 9.37 Å². The number of carbonyl (C=O) groups excluding carboxylic acids is 1. The van der Waals surface area contributed by atoms with Crippen LogP contribution in [0, 0.1) is 26.6 Å². The van der Waals surface area contributed by atoms with Crippen molar-refractivity contribution in [2.45, 2.75) is 40.2 Å². The number of benzene rings is 1. The van der Waals surface area contributed by atoms with Crippen molar-refractivity contribution in [2.24, 2.45) is 0 Å². The SMILES string of the molecule is Cc1cc(C(=O)NCC[C@@H](C)n2nc(C)cc2C)c2c(-c3ccc(F)cc3)noc2n1. The van der Waals surface area contributed by atoms with E-state index >= 15 is 0 Å². The number of halogens is 1. The van der Waals surface area contributed by atoms with E-state index in [-0.39, 0.29) is 23.5 Å². The third kappa shape index (κ3) is 4.19. The average Bonchev–Trinajstić information content (AvgIpc) is 3.30. The molecule has 4 rings (SSSR count). The van der Waals surface area contributed by atoms with Crippen LogP contribution in [0.2, 0.25) is 0 Å². The second-order valence-electron chi connectivity index (χ2n) is 7.79. The number of pyridine rings is 1. The minimum atomic E-state index is -0.347. The monoisotopic (exact) mass is 421 g/mol. The fourth-order valence-corrected chi connectivity index (χ4v) is 3.76. The van der Waals surface area contributed by atoms with E-state index in [0.717, 1.165) is 17.8 Å². The minimum Gasteiger partial charge on any atom is -0.352 e. The van der Waals surface area contributed by atoms with Crippen LogP contribution in [-0.4, -0.2) is 32.4 Å². The Hall–Kier alpha value is -3.55. The second kappa shape index (κ2) is 8.29. The molecule has 0 fully saturated rings. The molecule has 1 atom stereocenters. The molecule has 0 aliphatic heterocycles. The topological polar surface area (TPSA) is 85.8 Å². The zero-order chi connectivity index (χ0) is 22.1.